The van der Waals surface area contributed by atoms with Crippen molar-refractivity contribution in [2.45, 2.75) is 11.0 Å². The molecule has 0 saturated carbocycles. The van der Waals surface area contributed by atoms with E-state index in [0.29, 0.717) is 16.5 Å². The molecule has 4 nitrogen and oxygen atoms in total. The third-order valence-electron chi connectivity index (χ3n) is 5.68. The monoisotopic (exact) mass is 362 g/mol. The molecule has 0 aliphatic heterocycles. The van der Waals surface area contributed by atoms with Gasteiger partial charge in [-0.25, -0.2) is 0 Å². The predicted octanol–water partition coefficient (Wildman–Crippen LogP) is 3.34. The fraction of sp³-hybridized carbons (Fsp3) is 0.217. The number of aromatic hydroxyl groups is 1. The molecule has 3 N–H and O–H groups in total. The molecule has 4 rings (SSSR count). The zero-order chi connectivity index (χ0) is 19.1. The molecule has 4 heteroatoms. The molecule has 0 radical (unpaired) electrons. The number of benzene rings is 3. The van der Waals surface area contributed by atoms with E-state index in [-0.39, 0.29) is 19.0 Å². The van der Waals surface area contributed by atoms with Crippen LogP contribution in [0.3, 0.4) is 0 Å². The molecular weight excluding hydrogens is 340 g/mol. The average Bonchev–Trinajstić information content (AvgIpc) is 2.70. The quantitative estimate of drug-likeness (QED) is 0.666. The van der Waals surface area contributed by atoms with Crippen molar-refractivity contribution in [2.75, 3.05) is 20.3 Å². The Hall–Kier alpha value is -2.66. The number of hydrogen-bond donors (Lipinski definition) is 3. The number of ether oxygens (including phenoxy) is 1. The standard InChI is InChI=1S/C23H22O4/c1-27-15-23(26)19-9-5-3-7-17(19)12-13-22(23,14-24)20-11-10-16-6-2-4-8-18(16)21(20)25/h2-13,24-26H,14-15H2,1H3/t22-,23+/m1/s1. The van der Waals surface area contributed by atoms with Gasteiger partial charge in [0.1, 0.15) is 11.4 Å². The van der Waals surface area contributed by atoms with E-state index in [9.17, 15) is 15.3 Å². The molecule has 3 aromatic carbocycles. The Balaban J connectivity index is 2.03. The maximum absolute atomic E-state index is 11.8. The summed E-state index contributed by atoms with van der Waals surface area (Å²) in [6.07, 6.45) is 3.66. The summed E-state index contributed by atoms with van der Waals surface area (Å²) >= 11 is 0. The van der Waals surface area contributed by atoms with E-state index in [1.807, 2.05) is 60.7 Å². The molecule has 1 aliphatic carbocycles. The van der Waals surface area contributed by atoms with Gasteiger partial charge in [0, 0.05) is 18.1 Å². The molecule has 0 saturated heterocycles. The first-order chi connectivity index (χ1) is 13.1. The van der Waals surface area contributed by atoms with E-state index in [1.165, 1.54) is 7.11 Å². The second-order valence-electron chi connectivity index (χ2n) is 7.03. The minimum absolute atomic E-state index is 0.0266. The lowest BCUT2D eigenvalue weighted by Gasteiger charge is -2.47. The van der Waals surface area contributed by atoms with Gasteiger partial charge in [0.2, 0.25) is 0 Å². The normalized spacial score (nSPS) is 24.1. The van der Waals surface area contributed by atoms with Gasteiger partial charge < -0.3 is 20.1 Å². The van der Waals surface area contributed by atoms with Gasteiger partial charge in [-0.3, -0.25) is 0 Å². The Kier molecular flexibility index (Phi) is 4.27. The van der Waals surface area contributed by atoms with E-state index in [4.69, 9.17) is 4.74 Å². The van der Waals surface area contributed by atoms with Gasteiger partial charge in [-0.1, -0.05) is 72.8 Å². The van der Waals surface area contributed by atoms with Crippen molar-refractivity contribution in [3.63, 3.8) is 0 Å². The molecule has 0 aromatic heterocycles. The van der Waals surface area contributed by atoms with Crippen molar-refractivity contribution in [2.24, 2.45) is 0 Å². The van der Waals surface area contributed by atoms with Gasteiger partial charge in [-0.2, -0.15) is 0 Å². The van der Waals surface area contributed by atoms with Crippen LogP contribution in [0, 0.1) is 0 Å². The lowest BCUT2D eigenvalue weighted by Crippen LogP contribution is -2.55. The number of hydrogen-bond acceptors (Lipinski definition) is 4. The zero-order valence-electron chi connectivity index (χ0n) is 15.1. The van der Waals surface area contributed by atoms with Crippen LogP contribution in [0.25, 0.3) is 16.8 Å². The van der Waals surface area contributed by atoms with Crippen LogP contribution in [0.2, 0.25) is 0 Å². The Bertz CT molecular complexity index is 1030. The minimum Gasteiger partial charge on any atom is -0.507 e. The summed E-state index contributed by atoms with van der Waals surface area (Å²) in [5, 5.41) is 35.0. The number of methoxy groups -OCH3 is 1. The second-order valence-corrected chi connectivity index (χ2v) is 7.03. The summed E-state index contributed by atoms with van der Waals surface area (Å²) in [6, 6.07) is 18.7. The van der Waals surface area contributed by atoms with Crippen LogP contribution < -0.4 is 0 Å². The van der Waals surface area contributed by atoms with Crippen LogP contribution in [0.4, 0.5) is 0 Å². The van der Waals surface area contributed by atoms with Crippen molar-refractivity contribution >= 4 is 16.8 Å². The lowest BCUT2D eigenvalue weighted by molar-refractivity contribution is -0.0970. The van der Waals surface area contributed by atoms with Crippen LogP contribution in [0.5, 0.6) is 5.75 Å². The fourth-order valence-electron chi connectivity index (χ4n) is 4.24. The number of phenolic OH excluding ortho intramolecular Hbond substituents is 1. The van der Waals surface area contributed by atoms with E-state index in [2.05, 4.69) is 0 Å². The molecule has 0 heterocycles. The smallest absolute Gasteiger partial charge is 0.129 e. The zero-order valence-corrected chi connectivity index (χ0v) is 15.1. The van der Waals surface area contributed by atoms with E-state index in [1.54, 1.807) is 12.1 Å². The summed E-state index contributed by atoms with van der Waals surface area (Å²) in [4.78, 5) is 0. The van der Waals surface area contributed by atoms with Crippen LogP contribution >= 0.6 is 0 Å². The Morgan fingerprint density at radius 2 is 1.67 bits per heavy atom. The minimum atomic E-state index is -1.54. The third kappa shape index (κ3) is 2.42. The second kappa shape index (κ2) is 6.50. The van der Waals surface area contributed by atoms with E-state index < -0.39 is 11.0 Å². The highest BCUT2D eigenvalue weighted by atomic mass is 16.5. The van der Waals surface area contributed by atoms with Crippen molar-refractivity contribution in [3.8, 4) is 5.75 Å². The predicted molar refractivity (Wildman–Crippen MR) is 106 cm³/mol. The summed E-state index contributed by atoms with van der Waals surface area (Å²) in [5.41, 5.74) is -0.792. The number of fused-ring (bicyclic) bond motifs is 2. The molecule has 0 fully saturated rings. The van der Waals surface area contributed by atoms with Crippen LogP contribution in [-0.4, -0.2) is 35.6 Å². The third-order valence-corrected chi connectivity index (χ3v) is 5.68. The maximum Gasteiger partial charge on any atom is 0.129 e. The number of aliphatic hydroxyl groups excluding tert-OH is 1. The van der Waals surface area contributed by atoms with Gasteiger partial charge in [0.25, 0.3) is 0 Å². The first kappa shape index (κ1) is 17.7. The first-order valence-corrected chi connectivity index (χ1v) is 8.89. The number of phenols is 1. The Morgan fingerprint density at radius 1 is 0.926 bits per heavy atom. The fourth-order valence-corrected chi connectivity index (χ4v) is 4.24. The molecule has 0 bridgehead atoms. The van der Waals surface area contributed by atoms with Gasteiger partial charge in [0.05, 0.1) is 18.6 Å². The highest BCUT2D eigenvalue weighted by molar-refractivity contribution is 5.90. The average molecular weight is 362 g/mol. The maximum atomic E-state index is 11.8. The van der Waals surface area contributed by atoms with Crippen molar-refractivity contribution in [3.05, 3.63) is 83.4 Å². The summed E-state index contributed by atoms with van der Waals surface area (Å²) in [7, 11) is 1.52. The molecule has 1 aliphatic rings. The summed E-state index contributed by atoms with van der Waals surface area (Å²) in [5.74, 6) is 0.0562. The van der Waals surface area contributed by atoms with Gasteiger partial charge >= 0.3 is 0 Å². The first-order valence-electron chi connectivity index (χ1n) is 8.89. The van der Waals surface area contributed by atoms with E-state index >= 15 is 0 Å². The molecular formula is C23H22O4. The van der Waals surface area contributed by atoms with E-state index in [0.717, 1.165) is 10.9 Å². The van der Waals surface area contributed by atoms with Crippen molar-refractivity contribution < 1.29 is 20.1 Å². The molecule has 2 atom stereocenters. The molecule has 27 heavy (non-hydrogen) atoms. The largest absolute Gasteiger partial charge is 0.507 e. The van der Waals surface area contributed by atoms with Gasteiger partial charge in [0.15, 0.2) is 0 Å². The molecule has 0 unspecified atom stereocenters. The van der Waals surface area contributed by atoms with Crippen molar-refractivity contribution in [1.82, 2.24) is 0 Å². The Morgan fingerprint density at radius 3 is 2.44 bits per heavy atom. The van der Waals surface area contributed by atoms with Crippen LogP contribution in [0.1, 0.15) is 16.7 Å². The number of rotatable bonds is 4. The highest BCUT2D eigenvalue weighted by Crippen LogP contribution is 2.51. The Labute approximate surface area is 158 Å². The van der Waals surface area contributed by atoms with Crippen LogP contribution in [-0.2, 0) is 15.8 Å². The van der Waals surface area contributed by atoms with Gasteiger partial charge in [-0.05, 0) is 16.5 Å². The summed E-state index contributed by atoms with van der Waals surface area (Å²) < 4.78 is 5.37. The summed E-state index contributed by atoms with van der Waals surface area (Å²) in [6.45, 7) is -0.412. The highest BCUT2D eigenvalue weighted by Gasteiger charge is 2.54. The van der Waals surface area contributed by atoms with Gasteiger partial charge in [-0.15, -0.1) is 0 Å². The molecule has 138 valence electrons. The van der Waals surface area contributed by atoms with Crippen molar-refractivity contribution in [1.29, 1.82) is 0 Å². The molecule has 3 aromatic rings. The topological polar surface area (TPSA) is 69.9 Å². The molecule has 0 spiro atoms. The van der Waals surface area contributed by atoms with Crippen LogP contribution in [0.15, 0.2) is 66.7 Å². The molecule has 0 amide bonds. The SMILES string of the molecule is COC[C@]1(O)c2ccccc2C=C[C@@]1(CO)c1ccc2ccccc2c1O. The lowest BCUT2D eigenvalue weighted by atomic mass is 9.61. The number of aliphatic hydroxyl groups is 2.